The predicted octanol–water partition coefficient (Wildman–Crippen LogP) is 1.52. The fourth-order valence-electron chi connectivity index (χ4n) is 3.26. The average Bonchev–Trinajstić information content (AvgIpc) is 2.94. The van der Waals surface area contributed by atoms with E-state index in [4.69, 9.17) is 0 Å². The molecular weight excluding hydrogens is 236 g/mol. The van der Waals surface area contributed by atoms with E-state index in [0.717, 1.165) is 31.7 Å². The van der Waals surface area contributed by atoms with Crippen molar-refractivity contribution >= 4 is 5.91 Å². The van der Waals surface area contributed by atoms with Crippen molar-refractivity contribution in [2.24, 2.45) is 11.8 Å². The van der Waals surface area contributed by atoms with E-state index in [1.165, 1.54) is 11.1 Å². The Morgan fingerprint density at radius 3 is 2.53 bits per heavy atom. The van der Waals surface area contributed by atoms with E-state index < -0.39 is 0 Å². The Hall–Kier alpha value is -1.35. The lowest BCUT2D eigenvalue weighted by Gasteiger charge is -2.17. The van der Waals surface area contributed by atoms with Gasteiger partial charge in [-0.25, -0.2) is 0 Å². The molecule has 0 unspecified atom stereocenters. The molecule has 1 aromatic rings. The zero-order chi connectivity index (χ0) is 13.4. The normalized spacial score (nSPS) is 25.7. The summed E-state index contributed by atoms with van der Waals surface area (Å²) in [6.45, 7) is 8.27. The first kappa shape index (κ1) is 12.7. The van der Waals surface area contributed by atoms with Crippen molar-refractivity contribution in [2.75, 3.05) is 26.2 Å². The first-order valence-corrected chi connectivity index (χ1v) is 7.18. The molecule has 2 fully saturated rings. The minimum Gasteiger partial charge on any atom is -0.342 e. The van der Waals surface area contributed by atoms with Crippen molar-refractivity contribution in [3.63, 3.8) is 0 Å². The highest BCUT2D eigenvalue weighted by atomic mass is 16.2. The molecular formula is C16H22N2O. The Labute approximate surface area is 115 Å². The van der Waals surface area contributed by atoms with Gasteiger partial charge >= 0.3 is 0 Å². The zero-order valence-corrected chi connectivity index (χ0v) is 11.8. The highest BCUT2D eigenvalue weighted by molar-refractivity contribution is 5.79. The van der Waals surface area contributed by atoms with E-state index in [1.807, 2.05) is 0 Å². The lowest BCUT2D eigenvalue weighted by atomic mass is 10.0. The maximum atomic E-state index is 12.3. The molecule has 0 radical (unpaired) electrons. The van der Waals surface area contributed by atoms with Crippen LogP contribution in [-0.4, -0.2) is 37.0 Å². The monoisotopic (exact) mass is 258 g/mol. The molecule has 0 aromatic heterocycles. The van der Waals surface area contributed by atoms with Gasteiger partial charge in [-0.3, -0.25) is 4.79 Å². The molecule has 0 bridgehead atoms. The number of nitrogens with one attached hydrogen (secondary N) is 1. The molecule has 2 heterocycles. The molecule has 2 saturated heterocycles. The Kier molecular flexibility index (Phi) is 3.31. The van der Waals surface area contributed by atoms with Crippen LogP contribution < -0.4 is 5.32 Å². The number of likely N-dealkylation sites (tertiary alicyclic amines) is 1. The Morgan fingerprint density at radius 2 is 1.89 bits per heavy atom. The summed E-state index contributed by atoms with van der Waals surface area (Å²) in [6, 6.07) is 6.34. The number of carbonyl (C=O) groups excluding carboxylic acids is 1. The summed E-state index contributed by atoms with van der Waals surface area (Å²) in [7, 11) is 0. The van der Waals surface area contributed by atoms with Gasteiger partial charge in [0.2, 0.25) is 5.91 Å². The van der Waals surface area contributed by atoms with E-state index in [0.29, 0.717) is 18.3 Å². The van der Waals surface area contributed by atoms with Crippen LogP contribution in [0.4, 0.5) is 0 Å². The van der Waals surface area contributed by atoms with Gasteiger partial charge in [0, 0.05) is 26.2 Å². The summed E-state index contributed by atoms with van der Waals surface area (Å²) in [6.07, 6.45) is 0.550. The predicted molar refractivity (Wildman–Crippen MR) is 76.0 cm³/mol. The van der Waals surface area contributed by atoms with Crippen LogP contribution in [0.15, 0.2) is 18.2 Å². The van der Waals surface area contributed by atoms with Crippen LogP contribution in [-0.2, 0) is 11.2 Å². The number of nitrogens with zero attached hydrogens (tertiary/aromatic N) is 1. The molecule has 0 aliphatic carbocycles. The number of fused-ring (bicyclic) bond motifs is 1. The number of aryl methyl sites for hydroxylation is 2. The van der Waals surface area contributed by atoms with Gasteiger partial charge in [-0.05, 0) is 42.4 Å². The summed E-state index contributed by atoms with van der Waals surface area (Å²) < 4.78 is 0. The van der Waals surface area contributed by atoms with Crippen molar-refractivity contribution in [1.29, 1.82) is 0 Å². The van der Waals surface area contributed by atoms with E-state index in [9.17, 15) is 4.79 Å². The third-order valence-electron chi connectivity index (χ3n) is 4.67. The van der Waals surface area contributed by atoms with Crippen molar-refractivity contribution in [3.05, 3.63) is 34.9 Å². The SMILES string of the molecule is Cc1ccc(CC(=O)N2C[C@H]3CNC[C@H]3C2)cc1C. The third-order valence-corrected chi connectivity index (χ3v) is 4.67. The van der Waals surface area contributed by atoms with Crippen LogP contribution in [0.3, 0.4) is 0 Å². The molecule has 2 aliphatic rings. The summed E-state index contributed by atoms with van der Waals surface area (Å²) >= 11 is 0. The second-order valence-electron chi connectivity index (χ2n) is 6.07. The Bertz CT molecular complexity index is 486. The second kappa shape index (κ2) is 4.97. The Morgan fingerprint density at radius 1 is 1.21 bits per heavy atom. The first-order chi connectivity index (χ1) is 9.13. The quantitative estimate of drug-likeness (QED) is 0.872. The van der Waals surface area contributed by atoms with Crippen LogP contribution in [0, 0.1) is 25.7 Å². The van der Waals surface area contributed by atoms with Gasteiger partial charge in [0.1, 0.15) is 0 Å². The minimum atomic E-state index is 0.289. The summed E-state index contributed by atoms with van der Waals surface area (Å²) in [4.78, 5) is 14.4. The number of hydrogen-bond acceptors (Lipinski definition) is 2. The number of amides is 1. The van der Waals surface area contributed by atoms with Gasteiger partial charge in [-0.1, -0.05) is 18.2 Å². The van der Waals surface area contributed by atoms with Gasteiger partial charge in [-0.15, -0.1) is 0 Å². The molecule has 0 saturated carbocycles. The first-order valence-electron chi connectivity index (χ1n) is 7.18. The molecule has 3 nitrogen and oxygen atoms in total. The number of carbonyl (C=O) groups is 1. The van der Waals surface area contributed by atoms with Crippen molar-refractivity contribution in [2.45, 2.75) is 20.3 Å². The largest absolute Gasteiger partial charge is 0.342 e. The van der Waals surface area contributed by atoms with Crippen LogP contribution >= 0.6 is 0 Å². The van der Waals surface area contributed by atoms with Crippen LogP contribution in [0.5, 0.6) is 0 Å². The second-order valence-corrected chi connectivity index (χ2v) is 6.07. The van der Waals surface area contributed by atoms with Gasteiger partial charge in [-0.2, -0.15) is 0 Å². The van der Waals surface area contributed by atoms with Crippen molar-refractivity contribution in [1.82, 2.24) is 10.2 Å². The highest BCUT2D eigenvalue weighted by Gasteiger charge is 2.37. The van der Waals surface area contributed by atoms with Crippen LogP contribution in [0.2, 0.25) is 0 Å². The summed E-state index contributed by atoms with van der Waals surface area (Å²) in [5.74, 6) is 1.66. The van der Waals surface area contributed by atoms with E-state index in [2.05, 4.69) is 42.3 Å². The standard InChI is InChI=1S/C16H22N2O/c1-11-3-4-13(5-12(11)2)6-16(19)18-9-14-7-17-8-15(14)10-18/h3-5,14-15,17H,6-10H2,1-2H3/t14-,15+. The van der Waals surface area contributed by atoms with Gasteiger partial charge in [0.15, 0.2) is 0 Å². The maximum absolute atomic E-state index is 12.3. The van der Waals surface area contributed by atoms with E-state index >= 15 is 0 Å². The average molecular weight is 258 g/mol. The van der Waals surface area contributed by atoms with E-state index in [1.54, 1.807) is 0 Å². The molecule has 102 valence electrons. The third kappa shape index (κ3) is 2.52. The van der Waals surface area contributed by atoms with E-state index in [-0.39, 0.29) is 5.91 Å². The molecule has 0 spiro atoms. The fraction of sp³-hybridized carbons (Fsp3) is 0.562. The lowest BCUT2D eigenvalue weighted by Crippen LogP contribution is -2.32. The molecule has 3 heteroatoms. The van der Waals surface area contributed by atoms with Crippen LogP contribution in [0.1, 0.15) is 16.7 Å². The molecule has 2 atom stereocenters. The topological polar surface area (TPSA) is 32.3 Å². The molecule has 19 heavy (non-hydrogen) atoms. The summed E-state index contributed by atoms with van der Waals surface area (Å²) in [5, 5.41) is 3.41. The maximum Gasteiger partial charge on any atom is 0.227 e. The molecule has 3 rings (SSSR count). The number of rotatable bonds is 2. The highest BCUT2D eigenvalue weighted by Crippen LogP contribution is 2.26. The Balaban J connectivity index is 1.63. The van der Waals surface area contributed by atoms with Gasteiger partial charge < -0.3 is 10.2 Å². The summed E-state index contributed by atoms with van der Waals surface area (Å²) in [5.41, 5.74) is 3.70. The number of benzene rings is 1. The number of hydrogen-bond donors (Lipinski definition) is 1. The van der Waals surface area contributed by atoms with Crippen molar-refractivity contribution in [3.8, 4) is 0 Å². The van der Waals surface area contributed by atoms with Crippen LogP contribution in [0.25, 0.3) is 0 Å². The zero-order valence-electron chi connectivity index (χ0n) is 11.8. The molecule has 1 amide bonds. The van der Waals surface area contributed by atoms with Crippen molar-refractivity contribution < 1.29 is 4.79 Å². The molecule has 2 aliphatic heterocycles. The van der Waals surface area contributed by atoms with Gasteiger partial charge in [0.25, 0.3) is 0 Å². The molecule has 1 N–H and O–H groups in total. The fourth-order valence-corrected chi connectivity index (χ4v) is 3.26. The smallest absolute Gasteiger partial charge is 0.227 e. The molecule has 1 aromatic carbocycles. The minimum absolute atomic E-state index is 0.289. The van der Waals surface area contributed by atoms with Gasteiger partial charge in [0.05, 0.1) is 6.42 Å². The lowest BCUT2D eigenvalue weighted by molar-refractivity contribution is -0.129.